The average Bonchev–Trinajstić information content (AvgIpc) is 3.23. The zero-order valence-electron chi connectivity index (χ0n) is 12.6. The van der Waals surface area contributed by atoms with Crippen LogP contribution in [-0.4, -0.2) is 18.4 Å². The van der Waals surface area contributed by atoms with Gasteiger partial charge in [-0.25, -0.2) is 18.4 Å². The molecule has 0 aliphatic rings. The van der Waals surface area contributed by atoms with Crippen molar-refractivity contribution in [2.45, 2.75) is 16.4 Å². The number of oxazole rings is 1. The molecular weight excluding hydrogens is 344 g/mol. The highest BCUT2D eigenvalue weighted by Gasteiger charge is 2.27. The maximum atomic E-state index is 12.7. The van der Waals surface area contributed by atoms with Gasteiger partial charge in [-0.1, -0.05) is 29.8 Å². The molecule has 0 atom stereocenters. The number of benzene rings is 2. The first-order valence-corrected chi connectivity index (χ1v) is 9.47. The van der Waals surface area contributed by atoms with E-state index in [1.807, 2.05) is 49.4 Å². The average molecular weight is 356 g/mol. The van der Waals surface area contributed by atoms with Gasteiger partial charge in [0.15, 0.2) is 0 Å². The van der Waals surface area contributed by atoms with Crippen LogP contribution in [0.15, 0.2) is 68.6 Å². The van der Waals surface area contributed by atoms with Gasteiger partial charge in [-0.2, -0.15) is 0 Å². The summed E-state index contributed by atoms with van der Waals surface area (Å²) in [6.45, 7) is 1.97. The summed E-state index contributed by atoms with van der Waals surface area (Å²) >= 11 is 1.12. The summed E-state index contributed by atoms with van der Waals surface area (Å²) in [5, 5.41) is -0.197. The molecule has 2 aromatic carbocycles. The third-order valence-corrected chi connectivity index (χ3v) is 6.56. The van der Waals surface area contributed by atoms with E-state index in [-0.39, 0.29) is 15.3 Å². The fraction of sp³-hybridized carbons (Fsp3) is 0.0588. The number of hydrogen-bond donors (Lipinski definition) is 0. The second kappa shape index (κ2) is 5.54. The van der Waals surface area contributed by atoms with E-state index in [0.29, 0.717) is 5.52 Å². The molecule has 4 aromatic rings. The Balaban J connectivity index is 1.76. The Labute approximate surface area is 142 Å². The number of fused-ring (bicyclic) bond motifs is 1. The number of sulfone groups is 1. The van der Waals surface area contributed by atoms with Gasteiger partial charge in [0, 0.05) is 5.56 Å². The van der Waals surface area contributed by atoms with Gasteiger partial charge >= 0.3 is 0 Å². The molecule has 2 aromatic heterocycles. The fourth-order valence-corrected chi connectivity index (χ4v) is 4.69. The van der Waals surface area contributed by atoms with E-state index in [2.05, 4.69) is 9.97 Å². The van der Waals surface area contributed by atoms with Gasteiger partial charge in [0.2, 0.25) is 15.3 Å². The molecule has 0 radical (unpaired) electrons. The fourth-order valence-electron chi connectivity index (χ4n) is 2.27. The molecule has 0 bridgehead atoms. The lowest BCUT2D eigenvalue weighted by Crippen LogP contribution is -1.99. The molecule has 0 aliphatic carbocycles. The largest absolute Gasteiger partial charge is 0.424 e. The lowest BCUT2D eigenvalue weighted by molar-refractivity contribution is 0.458. The molecule has 4 rings (SSSR count). The summed E-state index contributed by atoms with van der Waals surface area (Å²) in [6, 6.07) is 14.8. The van der Waals surface area contributed by atoms with Crippen molar-refractivity contribution in [3.05, 3.63) is 60.3 Å². The van der Waals surface area contributed by atoms with Crippen LogP contribution in [-0.2, 0) is 9.84 Å². The number of thiazole rings is 1. The van der Waals surface area contributed by atoms with Gasteiger partial charge < -0.3 is 4.42 Å². The van der Waals surface area contributed by atoms with Crippen LogP contribution in [0.5, 0.6) is 0 Å². The number of hydrogen-bond acceptors (Lipinski definition) is 6. The Kier molecular flexibility index (Phi) is 3.47. The molecule has 0 fully saturated rings. The molecular formula is C17H12N2O3S2. The maximum Gasteiger partial charge on any atom is 0.268 e. The quantitative estimate of drug-likeness (QED) is 0.553. The van der Waals surface area contributed by atoms with Crippen LogP contribution in [0.2, 0.25) is 0 Å². The van der Waals surface area contributed by atoms with Crippen LogP contribution in [0.1, 0.15) is 5.56 Å². The Morgan fingerprint density at radius 3 is 2.54 bits per heavy atom. The number of aryl methyl sites for hydroxylation is 1. The minimum Gasteiger partial charge on any atom is -0.424 e. The van der Waals surface area contributed by atoms with Gasteiger partial charge in [-0.05, 0) is 31.2 Å². The first kappa shape index (κ1) is 15.0. The Hall–Kier alpha value is -2.51. The Morgan fingerprint density at radius 2 is 1.79 bits per heavy atom. The highest BCUT2D eigenvalue weighted by atomic mass is 32.2. The smallest absolute Gasteiger partial charge is 0.268 e. The van der Waals surface area contributed by atoms with Crippen LogP contribution in [0.25, 0.3) is 21.7 Å². The van der Waals surface area contributed by atoms with Crippen LogP contribution in [0.4, 0.5) is 0 Å². The van der Waals surface area contributed by atoms with Crippen molar-refractivity contribution in [1.82, 2.24) is 9.97 Å². The molecule has 0 N–H and O–H groups in total. The minimum absolute atomic E-state index is 0.00954. The highest BCUT2D eigenvalue weighted by molar-refractivity contribution is 7.93. The van der Waals surface area contributed by atoms with Gasteiger partial charge in [0.05, 0.1) is 16.4 Å². The van der Waals surface area contributed by atoms with E-state index in [4.69, 9.17) is 4.42 Å². The molecule has 7 heteroatoms. The predicted octanol–water partition coefficient (Wildman–Crippen LogP) is 4.09. The first-order chi connectivity index (χ1) is 11.5. The number of aromatic nitrogens is 2. The second-order valence-electron chi connectivity index (χ2n) is 5.30. The van der Waals surface area contributed by atoms with E-state index in [1.165, 1.54) is 6.20 Å². The Bertz CT molecular complexity index is 1090. The minimum atomic E-state index is -3.82. The van der Waals surface area contributed by atoms with E-state index in [0.717, 1.165) is 27.2 Å². The van der Waals surface area contributed by atoms with E-state index in [9.17, 15) is 8.42 Å². The number of nitrogens with zero attached hydrogens (tertiary/aromatic N) is 2. The van der Waals surface area contributed by atoms with Crippen LogP contribution in [0, 0.1) is 6.92 Å². The standard InChI is InChI=1S/C17H12N2O3S2/c1-11-6-8-12(9-7-11)16-18-10-15(22-16)24(20,21)17-19-13-4-2-3-5-14(13)23-17/h2-10H,1H3. The summed E-state index contributed by atoms with van der Waals surface area (Å²) in [5.74, 6) is 0.273. The van der Waals surface area contributed by atoms with Crippen LogP contribution < -0.4 is 0 Å². The van der Waals surface area contributed by atoms with E-state index < -0.39 is 9.84 Å². The predicted molar refractivity (Wildman–Crippen MR) is 91.7 cm³/mol. The van der Waals surface area contributed by atoms with Gasteiger partial charge in [0.25, 0.3) is 9.84 Å². The zero-order valence-corrected chi connectivity index (χ0v) is 14.3. The summed E-state index contributed by atoms with van der Waals surface area (Å²) in [5.41, 5.74) is 2.48. The normalized spacial score (nSPS) is 11.9. The number of para-hydroxylation sites is 1. The zero-order chi connectivity index (χ0) is 16.7. The molecule has 120 valence electrons. The molecule has 0 spiro atoms. The summed E-state index contributed by atoms with van der Waals surface area (Å²) in [4.78, 5) is 8.29. The molecule has 0 saturated heterocycles. The third-order valence-electron chi connectivity index (χ3n) is 3.55. The van der Waals surface area contributed by atoms with Crippen molar-refractivity contribution < 1.29 is 12.8 Å². The SMILES string of the molecule is Cc1ccc(-c2ncc(S(=O)(=O)c3nc4ccccc4s3)o2)cc1. The van der Waals surface area contributed by atoms with E-state index in [1.54, 1.807) is 6.07 Å². The van der Waals surface area contributed by atoms with Crippen LogP contribution in [0.3, 0.4) is 0 Å². The Morgan fingerprint density at radius 1 is 1.04 bits per heavy atom. The van der Waals surface area contributed by atoms with Gasteiger partial charge in [0.1, 0.15) is 0 Å². The highest BCUT2D eigenvalue weighted by Crippen LogP contribution is 2.31. The summed E-state index contributed by atoms with van der Waals surface area (Å²) in [6.07, 6.45) is 1.23. The number of rotatable bonds is 3. The molecule has 0 saturated carbocycles. The molecule has 0 amide bonds. The van der Waals surface area contributed by atoms with Crippen molar-refractivity contribution in [2.75, 3.05) is 0 Å². The second-order valence-corrected chi connectivity index (χ2v) is 8.39. The van der Waals surface area contributed by atoms with Gasteiger partial charge in [-0.3, -0.25) is 0 Å². The van der Waals surface area contributed by atoms with Crippen molar-refractivity contribution in [3.63, 3.8) is 0 Å². The maximum absolute atomic E-state index is 12.7. The molecule has 24 heavy (non-hydrogen) atoms. The van der Waals surface area contributed by atoms with Crippen molar-refractivity contribution in [1.29, 1.82) is 0 Å². The van der Waals surface area contributed by atoms with Crippen LogP contribution >= 0.6 is 11.3 Å². The molecule has 0 unspecified atom stereocenters. The van der Waals surface area contributed by atoms with Gasteiger partial charge in [-0.15, -0.1) is 11.3 Å². The van der Waals surface area contributed by atoms with E-state index >= 15 is 0 Å². The summed E-state index contributed by atoms with van der Waals surface area (Å²) < 4.78 is 31.7. The van der Waals surface area contributed by atoms with Crippen molar-refractivity contribution in [3.8, 4) is 11.5 Å². The lowest BCUT2D eigenvalue weighted by Gasteiger charge is -1.97. The van der Waals surface area contributed by atoms with Crippen molar-refractivity contribution >= 4 is 31.4 Å². The molecule has 0 aliphatic heterocycles. The third kappa shape index (κ3) is 2.51. The topological polar surface area (TPSA) is 73.1 Å². The lowest BCUT2D eigenvalue weighted by atomic mass is 10.1. The summed E-state index contributed by atoms with van der Waals surface area (Å²) in [7, 11) is -3.82. The molecule has 5 nitrogen and oxygen atoms in total. The first-order valence-electron chi connectivity index (χ1n) is 7.17. The monoisotopic (exact) mass is 356 g/mol. The molecule has 2 heterocycles. The van der Waals surface area contributed by atoms with Crippen molar-refractivity contribution in [2.24, 2.45) is 0 Å².